The molecule has 1 aromatic heterocycles. The summed E-state index contributed by atoms with van der Waals surface area (Å²) in [7, 11) is 0. The van der Waals surface area contributed by atoms with Gasteiger partial charge >= 0.3 is 6.18 Å². The van der Waals surface area contributed by atoms with Crippen molar-refractivity contribution in [2.75, 3.05) is 0 Å². The molecule has 0 aliphatic heterocycles. The fourth-order valence-corrected chi connectivity index (χ4v) is 2.53. The molecule has 120 valence electrons. The van der Waals surface area contributed by atoms with Crippen molar-refractivity contribution in [3.63, 3.8) is 0 Å². The Labute approximate surface area is 126 Å². The number of nitrogens with zero attached hydrogens (tertiary/aromatic N) is 3. The summed E-state index contributed by atoms with van der Waals surface area (Å²) in [4.78, 5) is 12.2. The Bertz CT molecular complexity index is 638. The molecule has 0 spiro atoms. The van der Waals surface area contributed by atoms with Gasteiger partial charge in [-0.05, 0) is 33.6 Å². The van der Waals surface area contributed by atoms with Gasteiger partial charge in [-0.3, -0.25) is 9.48 Å². The van der Waals surface area contributed by atoms with Gasteiger partial charge in [0, 0.05) is 11.3 Å². The quantitative estimate of drug-likeness (QED) is 0.927. The standard InChI is InChI=1S/C14H17F3N4O/c1-8(12(22)19-13(6-18)4-5-13)11-9(2)20-21(10(11)3)7-14(15,16)17/h8H,4-5,7H2,1-3H3,(H,19,22)/t8-/m1/s1. The van der Waals surface area contributed by atoms with Gasteiger partial charge in [0.2, 0.25) is 5.91 Å². The minimum Gasteiger partial charge on any atom is -0.337 e. The van der Waals surface area contributed by atoms with E-state index in [2.05, 4.69) is 16.5 Å². The third-order valence-corrected chi connectivity index (χ3v) is 3.92. The third-order valence-electron chi connectivity index (χ3n) is 3.92. The molecule has 0 bridgehead atoms. The molecule has 0 saturated heterocycles. The minimum absolute atomic E-state index is 0.319. The van der Waals surface area contributed by atoms with E-state index in [0.717, 1.165) is 4.68 Å². The number of hydrogen-bond donors (Lipinski definition) is 1. The lowest BCUT2D eigenvalue weighted by molar-refractivity contribution is -0.143. The summed E-state index contributed by atoms with van der Waals surface area (Å²) < 4.78 is 38.4. The minimum atomic E-state index is -4.37. The van der Waals surface area contributed by atoms with E-state index in [1.165, 1.54) is 6.92 Å². The molecule has 2 rings (SSSR count). The van der Waals surface area contributed by atoms with E-state index < -0.39 is 24.2 Å². The Morgan fingerprint density at radius 1 is 1.50 bits per heavy atom. The van der Waals surface area contributed by atoms with Crippen LogP contribution in [0.3, 0.4) is 0 Å². The van der Waals surface area contributed by atoms with Crippen LogP contribution in [0.1, 0.15) is 42.6 Å². The number of nitrogens with one attached hydrogen (secondary N) is 1. The van der Waals surface area contributed by atoms with Gasteiger partial charge in [0.25, 0.3) is 0 Å². The lowest BCUT2D eigenvalue weighted by Crippen LogP contribution is -2.38. The Balaban J connectivity index is 2.21. The molecule has 0 aromatic carbocycles. The summed E-state index contributed by atoms with van der Waals surface area (Å²) in [5, 5.41) is 15.5. The van der Waals surface area contributed by atoms with Gasteiger partial charge in [0.05, 0.1) is 17.7 Å². The lowest BCUT2D eigenvalue weighted by Gasteiger charge is -2.16. The Morgan fingerprint density at radius 3 is 2.55 bits per heavy atom. The summed E-state index contributed by atoms with van der Waals surface area (Å²) >= 11 is 0. The number of aromatic nitrogens is 2. The first-order valence-corrected chi connectivity index (χ1v) is 6.92. The monoisotopic (exact) mass is 314 g/mol. The number of alkyl halides is 3. The van der Waals surface area contributed by atoms with Gasteiger partial charge in [-0.25, -0.2) is 0 Å². The highest BCUT2D eigenvalue weighted by atomic mass is 19.4. The second-order valence-corrected chi connectivity index (χ2v) is 5.76. The van der Waals surface area contributed by atoms with Gasteiger partial charge in [-0.2, -0.15) is 23.5 Å². The number of carbonyl (C=O) groups is 1. The summed E-state index contributed by atoms with van der Waals surface area (Å²) in [5.41, 5.74) is 0.399. The zero-order chi connectivity index (χ0) is 16.7. The number of hydrogen-bond acceptors (Lipinski definition) is 3. The van der Waals surface area contributed by atoms with Crippen molar-refractivity contribution in [3.05, 3.63) is 17.0 Å². The molecule has 1 N–H and O–H groups in total. The molecule has 1 atom stereocenters. The van der Waals surface area contributed by atoms with E-state index in [-0.39, 0.29) is 5.91 Å². The molecule has 22 heavy (non-hydrogen) atoms. The van der Waals surface area contributed by atoms with Crippen LogP contribution in [0.5, 0.6) is 0 Å². The molecular formula is C14H17F3N4O. The second kappa shape index (κ2) is 5.30. The van der Waals surface area contributed by atoms with Gasteiger partial charge in [-0.15, -0.1) is 0 Å². The predicted molar refractivity (Wildman–Crippen MR) is 71.9 cm³/mol. The Hall–Kier alpha value is -2.04. The Kier molecular flexibility index (Phi) is 3.94. The molecule has 1 fully saturated rings. The molecular weight excluding hydrogens is 297 g/mol. The molecule has 0 unspecified atom stereocenters. The van der Waals surface area contributed by atoms with Crippen molar-refractivity contribution in [1.82, 2.24) is 15.1 Å². The van der Waals surface area contributed by atoms with Crippen LogP contribution in [0.25, 0.3) is 0 Å². The zero-order valence-electron chi connectivity index (χ0n) is 12.6. The number of rotatable bonds is 4. The fraction of sp³-hybridized carbons (Fsp3) is 0.643. The summed E-state index contributed by atoms with van der Waals surface area (Å²) in [6.07, 6.45) is -3.16. The topological polar surface area (TPSA) is 70.7 Å². The molecule has 1 aromatic rings. The van der Waals surface area contributed by atoms with Gasteiger partial charge in [0.1, 0.15) is 12.1 Å². The van der Waals surface area contributed by atoms with Crippen molar-refractivity contribution < 1.29 is 18.0 Å². The average Bonchev–Trinajstić information content (AvgIpc) is 3.10. The van der Waals surface area contributed by atoms with Crippen LogP contribution in [0.4, 0.5) is 13.2 Å². The third kappa shape index (κ3) is 3.24. The maximum atomic E-state index is 12.5. The van der Waals surface area contributed by atoms with Crippen molar-refractivity contribution >= 4 is 5.91 Å². The van der Waals surface area contributed by atoms with Crippen LogP contribution in [0.15, 0.2) is 0 Å². The van der Waals surface area contributed by atoms with E-state index >= 15 is 0 Å². The number of halogens is 3. The van der Waals surface area contributed by atoms with E-state index in [1.807, 2.05) is 0 Å². The molecule has 1 saturated carbocycles. The molecule has 1 amide bonds. The smallest absolute Gasteiger partial charge is 0.337 e. The molecule has 8 heteroatoms. The average molecular weight is 314 g/mol. The normalized spacial score (nSPS) is 17.7. The number of nitriles is 1. The summed E-state index contributed by atoms with van der Waals surface area (Å²) in [6, 6.07) is 2.05. The molecule has 0 radical (unpaired) electrons. The van der Waals surface area contributed by atoms with Crippen molar-refractivity contribution in [2.24, 2.45) is 0 Å². The van der Waals surface area contributed by atoms with Crippen molar-refractivity contribution in [3.8, 4) is 6.07 Å². The van der Waals surface area contributed by atoms with Crippen LogP contribution in [0.2, 0.25) is 0 Å². The van der Waals surface area contributed by atoms with Crippen LogP contribution in [-0.4, -0.2) is 27.4 Å². The van der Waals surface area contributed by atoms with E-state index in [9.17, 15) is 18.0 Å². The molecule has 1 aliphatic carbocycles. The van der Waals surface area contributed by atoms with E-state index in [4.69, 9.17) is 5.26 Å². The van der Waals surface area contributed by atoms with Gasteiger partial charge < -0.3 is 5.32 Å². The highest BCUT2D eigenvalue weighted by Crippen LogP contribution is 2.35. The van der Waals surface area contributed by atoms with E-state index in [1.54, 1.807) is 13.8 Å². The van der Waals surface area contributed by atoms with Crippen molar-refractivity contribution in [2.45, 2.75) is 57.8 Å². The first-order chi connectivity index (χ1) is 10.1. The number of carbonyl (C=O) groups excluding carboxylic acids is 1. The maximum Gasteiger partial charge on any atom is 0.408 e. The summed E-state index contributed by atoms with van der Waals surface area (Å²) in [5.74, 6) is -1.02. The molecule has 5 nitrogen and oxygen atoms in total. The largest absolute Gasteiger partial charge is 0.408 e. The summed E-state index contributed by atoms with van der Waals surface area (Å²) in [6.45, 7) is 3.52. The first-order valence-electron chi connectivity index (χ1n) is 6.92. The predicted octanol–water partition coefficient (Wildman–Crippen LogP) is 2.34. The molecule has 1 aliphatic rings. The number of amides is 1. The Morgan fingerprint density at radius 2 is 2.09 bits per heavy atom. The zero-order valence-corrected chi connectivity index (χ0v) is 12.6. The highest BCUT2D eigenvalue weighted by molar-refractivity contribution is 5.85. The maximum absolute atomic E-state index is 12.5. The first kappa shape index (κ1) is 16.3. The second-order valence-electron chi connectivity index (χ2n) is 5.76. The van der Waals surface area contributed by atoms with Crippen LogP contribution in [0, 0.1) is 25.2 Å². The van der Waals surface area contributed by atoms with E-state index in [0.29, 0.717) is 29.8 Å². The highest BCUT2D eigenvalue weighted by Gasteiger charge is 2.45. The van der Waals surface area contributed by atoms with Gasteiger partial charge in [-0.1, -0.05) is 0 Å². The van der Waals surface area contributed by atoms with Crippen molar-refractivity contribution in [1.29, 1.82) is 5.26 Å². The van der Waals surface area contributed by atoms with Crippen LogP contribution < -0.4 is 5.32 Å². The lowest BCUT2D eigenvalue weighted by atomic mass is 9.98. The fourth-order valence-electron chi connectivity index (χ4n) is 2.53. The van der Waals surface area contributed by atoms with Gasteiger partial charge in [0.15, 0.2) is 0 Å². The van der Waals surface area contributed by atoms with Crippen LogP contribution >= 0.6 is 0 Å². The van der Waals surface area contributed by atoms with Crippen LogP contribution in [-0.2, 0) is 11.3 Å². The SMILES string of the molecule is Cc1nn(CC(F)(F)F)c(C)c1[C@@H](C)C(=O)NC1(C#N)CC1. The number of aryl methyl sites for hydroxylation is 1. The molecule has 1 heterocycles.